The van der Waals surface area contributed by atoms with Crippen LogP contribution in [0.15, 0.2) is 224 Å². The molecule has 0 N–H and O–H groups in total. The van der Waals surface area contributed by atoms with E-state index in [2.05, 4.69) is 139 Å². The van der Waals surface area contributed by atoms with E-state index in [0.29, 0.717) is 39.3 Å². The van der Waals surface area contributed by atoms with Gasteiger partial charge in [-0.15, -0.1) is 0 Å². The molecular weight excluding hydrogens is 989 g/mol. The number of nitrogens with zero attached hydrogens (tertiary/aromatic N) is 8. The molecule has 8 heteroatoms. The lowest BCUT2D eigenvalue weighted by atomic mass is 9.93. The molecule has 0 fully saturated rings. The molecular formula is C73H40N8. The van der Waals surface area contributed by atoms with Gasteiger partial charge in [0, 0.05) is 27.2 Å². The number of aryl methyl sites for hydroxylation is 1. The number of fused-ring (bicyclic) bond motifs is 6. The molecule has 0 bridgehead atoms. The van der Waals surface area contributed by atoms with Crippen molar-refractivity contribution < 1.29 is 0 Å². The molecule has 0 spiro atoms. The van der Waals surface area contributed by atoms with Gasteiger partial charge in [0.15, 0.2) is 17.1 Å². The summed E-state index contributed by atoms with van der Waals surface area (Å²) in [5.74, 6) is 0. The molecule has 0 amide bonds. The Morgan fingerprint density at radius 2 is 0.753 bits per heavy atom. The highest BCUT2D eigenvalue weighted by molar-refractivity contribution is 6.14. The van der Waals surface area contributed by atoms with Crippen LogP contribution in [0.3, 0.4) is 0 Å². The summed E-state index contributed by atoms with van der Waals surface area (Å²) in [6, 6.07) is 80.8. The number of nitriles is 3. The van der Waals surface area contributed by atoms with Gasteiger partial charge in [0.2, 0.25) is 0 Å². The van der Waals surface area contributed by atoms with Gasteiger partial charge < -0.3 is 9.13 Å². The summed E-state index contributed by atoms with van der Waals surface area (Å²) in [7, 11) is 0. The molecule has 0 saturated carbocycles. The largest absolute Gasteiger partial charge is 0.309 e. The first-order valence-electron chi connectivity index (χ1n) is 26.1. The smallest absolute Gasteiger partial charge is 0.195 e. The van der Waals surface area contributed by atoms with Crippen LogP contribution in [-0.4, -0.2) is 9.13 Å². The maximum atomic E-state index is 10.3. The zero-order valence-corrected chi connectivity index (χ0v) is 43.4. The summed E-state index contributed by atoms with van der Waals surface area (Å²) in [5, 5.41) is 34.1. The number of hydrogen-bond acceptors (Lipinski definition) is 3. The number of rotatable bonds is 8. The lowest BCUT2D eigenvalue weighted by molar-refractivity contribution is 1.17. The Kier molecular flexibility index (Phi) is 11.9. The first-order valence-corrected chi connectivity index (χ1v) is 26.1. The first kappa shape index (κ1) is 48.6. The third-order valence-electron chi connectivity index (χ3n) is 15.5. The lowest BCUT2D eigenvalue weighted by Crippen LogP contribution is -2.00. The van der Waals surface area contributed by atoms with Crippen molar-refractivity contribution in [1.29, 1.82) is 15.8 Å². The highest BCUT2D eigenvalue weighted by Crippen LogP contribution is 2.46. The van der Waals surface area contributed by atoms with Gasteiger partial charge in [0.1, 0.15) is 0 Å². The SMILES string of the molecule is [C-]#[N+]c1ccccc1-c1ccc2c(c1)c1cc(-c3ccccc3C#N)ccc1n2-c1ccc([N+]#[C-])c(-c2cc(-c3ccc(C#N)cc3C)ccc2-n2c3ccc(-c4ccccc4C#N)cc3c3cc(-c4ccccc4[N+]#[C-])ccc32)c1. The van der Waals surface area contributed by atoms with E-state index in [4.69, 9.17) is 19.7 Å². The van der Waals surface area contributed by atoms with Crippen LogP contribution in [0.4, 0.5) is 17.1 Å². The van der Waals surface area contributed by atoms with E-state index in [1.54, 1.807) is 0 Å². The summed E-state index contributed by atoms with van der Waals surface area (Å²) in [5.41, 5.74) is 19.6. The lowest BCUT2D eigenvalue weighted by Gasteiger charge is -2.19. The number of aromatic nitrogens is 2. The van der Waals surface area contributed by atoms with E-state index >= 15 is 0 Å². The predicted octanol–water partition coefficient (Wildman–Crippen LogP) is 19.5. The molecule has 0 aliphatic carbocycles. The Morgan fingerprint density at radius 3 is 1.22 bits per heavy atom. The van der Waals surface area contributed by atoms with Crippen LogP contribution in [0.25, 0.3) is 136 Å². The number of hydrogen-bond donors (Lipinski definition) is 0. The molecule has 0 radical (unpaired) electrons. The van der Waals surface area contributed by atoms with E-state index in [1.807, 2.05) is 134 Å². The van der Waals surface area contributed by atoms with Crippen molar-refractivity contribution in [3.63, 3.8) is 0 Å². The van der Waals surface area contributed by atoms with Gasteiger partial charge >= 0.3 is 0 Å². The van der Waals surface area contributed by atoms with Crippen LogP contribution in [0.2, 0.25) is 0 Å². The van der Waals surface area contributed by atoms with Crippen molar-refractivity contribution >= 4 is 60.7 Å². The second-order valence-electron chi connectivity index (χ2n) is 19.9. The van der Waals surface area contributed by atoms with Gasteiger partial charge in [-0.05, 0) is 176 Å². The Labute approximate surface area is 467 Å². The van der Waals surface area contributed by atoms with Gasteiger partial charge in [-0.25, -0.2) is 14.5 Å². The molecule has 13 aromatic rings. The van der Waals surface area contributed by atoms with Crippen LogP contribution in [0, 0.1) is 60.6 Å². The molecule has 0 aliphatic heterocycles. The van der Waals surface area contributed by atoms with Crippen molar-refractivity contribution in [3.05, 3.63) is 281 Å². The minimum atomic E-state index is 0.442. The fourth-order valence-corrected chi connectivity index (χ4v) is 11.7. The van der Waals surface area contributed by atoms with Gasteiger partial charge in [-0.3, -0.25) is 0 Å². The van der Waals surface area contributed by atoms with Crippen molar-refractivity contribution in [1.82, 2.24) is 9.13 Å². The van der Waals surface area contributed by atoms with Crippen LogP contribution >= 0.6 is 0 Å². The van der Waals surface area contributed by atoms with Crippen molar-refractivity contribution in [2.75, 3.05) is 0 Å². The zero-order valence-electron chi connectivity index (χ0n) is 43.4. The standard InChI is InChI=1S/C73H40N8/c1-45-35-46(42-74)21-28-55(45)47-22-32-71(81-72-33-24-49(57-16-8-6-14-53(57)44-76)38-64(72)65-40-51(26-34-73(65)81)59-18-10-12-20-67(59)78-3)61(36-47)60-41-54(27-29-68(60)79-4)80-69-30-23-48(56-15-7-5-13-52(56)43-75)37-62(69)63-39-50(25-31-70(63)80)58-17-9-11-19-66(58)77-2/h5-41H,1H3. The Morgan fingerprint density at radius 1 is 0.333 bits per heavy atom. The van der Waals surface area contributed by atoms with E-state index in [1.165, 1.54) is 0 Å². The highest BCUT2D eigenvalue weighted by atomic mass is 15.0. The molecule has 2 heterocycles. The normalized spacial score (nSPS) is 11.0. The van der Waals surface area contributed by atoms with E-state index in [-0.39, 0.29) is 0 Å². The van der Waals surface area contributed by atoms with E-state index in [9.17, 15) is 15.8 Å². The minimum Gasteiger partial charge on any atom is -0.309 e. The topological polar surface area (TPSA) is 94.3 Å². The number of benzene rings is 11. The Hall–Kier alpha value is -12.0. The quantitative estimate of drug-likeness (QED) is 0.142. The third kappa shape index (κ3) is 8.11. The van der Waals surface area contributed by atoms with Gasteiger partial charge in [-0.1, -0.05) is 127 Å². The van der Waals surface area contributed by atoms with Crippen LogP contribution in [0.1, 0.15) is 22.3 Å². The van der Waals surface area contributed by atoms with E-state index < -0.39 is 0 Å². The second-order valence-corrected chi connectivity index (χ2v) is 19.9. The molecule has 0 aliphatic rings. The Balaban J connectivity index is 1.09. The highest BCUT2D eigenvalue weighted by Gasteiger charge is 2.23. The Bertz CT molecular complexity index is 4870. The second kappa shape index (κ2) is 19.8. The molecule has 0 saturated heterocycles. The molecule has 372 valence electrons. The first-order chi connectivity index (χ1) is 39.8. The molecule has 11 aromatic carbocycles. The summed E-state index contributed by atoms with van der Waals surface area (Å²) in [6.45, 7) is 26.9. The summed E-state index contributed by atoms with van der Waals surface area (Å²) in [4.78, 5) is 12.0. The zero-order chi connectivity index (χ0) is 55.3. The van der Waals surface area contributed by atoms with Gasteiger partial charge in [0.05, 0.1) is 82.4 Å². The monoisotopic (exact) mass is 1030 g/mol. The van der Waals surface area contributed by atoms with Crippen molar-refractivity contribution in [3.8, 4) is 96.3 Å². The fourth-order valence-electron chi connectivity index (χ4n) is 11.7. The van der Waals surface area contributed by atoms with Gasteiger partial charge in [-0.2, -0.15) is 15.8 Å². The molecule has 8 nitrogen and oxygen atoms in total. The van der Waals surface area contributed by atoms with Crippen LogP contribution in [0.5, 0.6) is 0 Å². The van der Waals surface area contributed by atoms with Crippen LogP contribution in [-0.2, 0) is 0 Å². The maximum absolute atomic E-state index is 10.3. The van der Waals surface area contributed by atoms with Gasteiger partial charge in [0.25, 0.3) is 0 Å². The summed E-state index contributed by atoms with van der Waals surface area (Å²) in [6.07, 6.45) is 0. The molecule has 0 unspecified atom stereocenters. The average Bonchev–Trinajstić information content (AvgIpc) is 3.74. The number of para-hydroxylation sites is 2. The average molecular weight is 1030 g/mol. The van der Waals surface area contributed by atoms with Crippen LogP contribution < -0.4 is 0 Å². The van der Waals surface area contributed by atoms with Crippen molar-refractivity contribution in [2.45, 2.75) is 6.92 Å². The summed E-state index contributed by atoms with van der Waals surface area (Å²) < 4.78 is 4.48. The minimum absolute atomic E-state index is 0.442. The van der Waals surface area contributed by atoms with E-state index in [0.717, 1.165) is 122 Å². The molecule has 13 rings (SSSR count). The predicted molar refractivity (Wildman–Crippen MR) is 325 cm³/mol. The van der Waals surface area contributed by atoms with Crippen molar-refractivity contribution in [2.24, 2.45) is 0 Å². The molecule has 0 atom stereocenters. The fraction of sp³-hybridized carbons (Fsp3) is 0.0137. The third-order valence-corrected chi connectivity index (χ3v) is 15.5. The molecule has 2 aromatic heterocycles. The molecule has 81 heavy (non-hydrogen) atoms. The summed E-state index contributed by atoms with van der Waals surface area (Å²) >= 11 is 0. The maximum Gasteiger partial charge on any atom is 0.195 e.